The number of aliphatic hydroxyl groups excluding tert-OH is 3. The van der Waals surface area contributed by atoms with Gasteiger partial charge in [-0.05, 0) is 13.3 Å². The second kappa shape index (κ2) is 18.1. The first-order valence-corrected chi connectivity index (χ1v) is 10.3. The highest BCUT2D eigenvalue weighted by Crippen LogP contribution is 2.12. The van der Waals surface area contributed by atoms with Crippen molar-refractivity contribution in [3.63, 3.8) is 0 Å². The molecule has 26 heavy (non-hydrogen) atoms. The molecular formula is C20H42O6. The number of ether oxygens (including phenoxy) is 3. The molecule has 0 aromatic carbocycles. The Morgan fingerprint density at radius 3 is 1.85 bits per heavy atom. The van der Waals surface area contributed by atoms with Gasteiger partial charge < -0.3 is 29.5 Å². The van der Waals surface area contributed by atoms with Crippen LogP contribution in [0.25, 0.3) is 0 Å². The van der Waals surface area contributed by atoms with Gasteiger partial charge in [0, 0.05) is 13.7 Å². The van der Waals surface area contributed by atoms with E-state index < -0.39 is 31.2 Å². The number of unbranched alkanes of at least 4 members (excludes halogenated alkanes) is 9. The van der Waals surface area contributed by atoms with Crippen LogP contribution in [0.15, 0.2) is 0 Å². The Hall–Kier alpha value is -0.240. The van der Waals surface area contributed by atoms with Crippen LogP contribution in [-0.2, 0) is 14.2 Å². The lowest BCUT2D eigenvalue weighted by Crippen LogP contribution is -2.42. The van der Waals surface area contributed by atoms with E-state index in [2.05, 4.69) is 6.92 Å². The topological polar surface area (TPSA) is 88.4 Å². The second-order valence-corrected chi connectivity index (χ2v) is 7.03. The molecule has 0 fully saturated rings. The maximum absolute atomic E-state index is 9.78. The highest BCUT2D eigenvalue weighted by atomic mass is 16.7. The summed E-state index contributed by atoms with van der Waals surface area (Å²) in [6, 6.07) is 0. The van der Waals surface area contributed by atoms with Gasteiger partial charge in [0.15, 0.2) is 6.29 Å². The molecule has 0 aliphatic heterocycles. The van der Waals surface area contributed by atoms with Crippen LogP contribution in [-0.4, -0.2) is 66.9 Å². The summed E-state index contributed by atoms with van der Waals surface area (Å²) in [5, 5.41) is 28.4. The number of aliphatic hydroxyl groups is 3. The van der Waals surface area contributed by atoms with Crippen molar-refractivity contribution in [3.05, 3.63) is 0 Å². The number of methoxy groups -OCH3 is 1. The SMILES string of the molecule is CCCCCCCCCCCCOCC(OC(OC)[C@@H](O)CO)[C@@H](C)O. The van der Waals surface area contributed by atoms with E-state index >= 15 is 0 Å². The van der Waals surface area contributed by atoms with Gasteiger partial charge >= 0.3 is 0 Å². The third-order valence-corrected chi connectivity index (χ3v) is 4.50. The Balaban J connectivity index is 3.69. The molecule has 4 atom stereocenters. The van der Waals surface area contributed by atoms with Crippen molar-refractivity contribution in [1.29, 1.82) is 0 Å². The van der Waals surface area contributed by atoms with Gasteiger partial charge in [-0.3, -0.25) is 0 Å². The number of rotatable bonds is 19. The Kier molecular flexibility index (Phi) is 18.0. The minimum Gasteiger partial charge on any atom is -0.393 e. The van der Waals surface area contributed by atoms with E-state index in [1.165, 1.54) is 58.5 Å². The van der Waals surface area contributed by atoms with Crippen molar-refractivity contribution < 1.29 is 29.5 Å². The van der Waals surface area contributed by atoms with Crippen LogP contribution < -0.4 is 0 Å². The quantitative estimate of drug-likeness (QED) is 0.236. The van der Waals surface area contributed by atoms with Gasteiger partial charge in [-0.25, -0.2) is 0 Å². The molecule has 0 amide bonds. The van der Waals surface area contributed by atoms with E-state index in [-0.39, 0.29) is 6.61 Å². The predicted octanol–water partition coefficient (Wildman–Crippen LogP) is 3.02. The van der Waals surface area contributed by atoms with Crippen molar-refractivity contribution >= 4 is 0 Å². The first-order valence-electron chi connectivity index (χ1n) is 10.3. The fraction of sp³-hybridized carbons (Fsp3) is 1.00. The van der Waals surface area contributed by atoms with E-state index in [4.69, 9.17) is 19.3 Å². The van der Waals surface area contributed by atoms with Crippen LogP contribution in [0.5, 0.6) is 0 Å². The van der Waals surface area contributed by atoms with Crippen molar-refractivity contribution in [1.82, 2.24) is 0 Å². The van der Waals surface area contributed by atoms with Gasteiger partial charge in [-0.1, -0.05) is 64.7 Å². The summed E-state index contributed by atoms with van der Waals surface area (Å²) in [5.74, 6) is 0. The van der Waals surface area contributed by atoms with E-state index in [1.807, 2.05) is 0 Å². The fourth-order valence-electron chi connectivity index (χ4n) is 2.74. The molecule has 0 aromatic rings. The normalized spacial score (nSPS) is 16.4. The Bertz CT molecular complexity index is 287. The molecular weight excluding hydrogens is 336 g/mol. The van der Waals surface area contributed by atoms with Crippen molar-refractivity contribution in [2.24, 2.45) is 0 Å². The zero-order valence-electron chi connectivity index (χ0n) is 17.1. The van der Waals surface area contributed by atoms with Gasteiger partial charge in [0.05, 0.1) is 19.3 Å². The van der Waals surface area contributed by atoms with Gasteiger partial charge in [-0.15, -0.1) is 0 Å². The highest BCUT2D eigenvalue weighted by Gasteiger charge is 2.26. The molecule has 0 aromatic heterocycles. The van der Waals surface area contributed by atoms with Crippen molar-refractivity contribution in [2.45, 2.75) is 103 Å². The summed E-state index contributed by atoms with van der Waals surface area (Å²) >= 11 is 0. The first kappa shape index (κ1) is 25.8. The second-order valence-electron chi connectivity index (χ2n) is 7.03. The van der Waals surface area contributed by atoms with Crippen LogP contribution in [0, 0.1) is 0 Å². The molecule has 0 heterocycles. The molecule has 158 valence electrons. The molecule has 0 spiro atoms. The third kappa shape index (κ3) is 13.9. The van der Waals surface area contributed by atoms with Gasteiger partial charge in [-0.2, -0.15) is 0 Å². The van der Waals surface area contributed by atoms with Crippen LogP contribution in [0.3, 0.4) is 0 Å². The summed E-state index contributed by atoms with van der Waals surface area (Å²) in [7, 11) is 1.38. The van der Waals surface area contributed by atoms with Crippen molar-refractivity contribution in [2.75, 3.05) is 26.9 Å². The van der Waals surface area contributed by atoms with Crippen LogP contribution in [0.4, 0.5) is 0 Å². The van der Waals surface area contributed by atoms with Gasteiger partial charge in [0.1, 0.15) is 12.2 Å². The van der Waals surface area contributed by atoms with Crippen LogP contribution >= 0.6 is 0 Å². The Labute approximate surface area is 159 Å². The highest BCUT2D eigenvalue weighted by molar-refractivity contribution is 4.68. The predicted molar refractivity (Wildman–Crippen MR) is 103 cm³/mol. The molecule has 0 saturated carbocycles. The zero-order chi connectivity index (χ0) is 19.6. The summed E-state index contributed by atoms with van der Waals surface area (Å²) in [6.07, 6.45) is 9.25. The smallest absolute Gasteiger partial charge is 0.185 e. The molecule has 0 bridgehead atoms. The molecule has 0 rings (SSSR count). The third-order valence-electron chi connectivity index (χ3n) is 4.50. The fourth-order valence-corrected chi connectivity index (χ4v) is 2.74. The largest absolute Gasteiger partial charge is 0.393 e. The summed E-state index contributed by atoms with van der Waals surface area (Å²) in [5.41, 5.74) is 0. The number of hydrogen-bond donors (Lipinski definition) is 3. The first-order chi connectivity index (χ1) is 12.6. The maximum atomic E-state index is 9.78. The van der Waals surface area contributed by atoms with E-state index in [1.54, 1.807) is 6.92 Å². The average molecular weight is 379 g/mol. The van der Waals surface area contributed by atoms with E-state index in [9.17, 15) is 10.2 Å². The summed E-state index contributed by atoms with van der Waals surface area (Å²) in [4.78, 5) is 0. The average Bonchev–Trinajstić information content (AvgIpc) is 2.64. The minimum absolute atomic E-state index is 0.229. The van der Waals surface area contributed by atoms with E-state index in [0.29, 0.717) is 6.61 Å². The Morgan fingerprint density at radius 1 is 0.846 bits per heavy atom. The van der Waals surface area contributed by atoms with E-state index in [0.717, 1.165) is 12.8 Å². The van der Waals surface area contributed by atoms with Crippen LogP contribution in [0.1, 0.15) is 78.1 Å². The minimum atomic E-state index is -1.15. The standard InChI is InChI=1S/C20H42O6/c1-4-5-6-7-8-9-10-11-12-13-14-25-16-19(17(2)22)26-20(24-3)18(23)15-21/h17-23H,4-16H2,1-3H3/t17-,18+,19?,20?/m1/s1. The summed E-state index contributed by atoms with van der Waals surface area (Å²) in [6.45, 7) is 4.24. The monoisotopic (exact) mass is 378 g/mol. The maximum Gasteiger partial charge on any atom is 0.185 e. The Morgan fingerprint density at radius 2 is 1.38 bits per heavy atom. The molecule has 0 aliphatic rings. The molecule has 3 N–H and O–H groups in total. The lowest BCUT2D eigenvalue weighted by molar-refractivity contribution is -0.232. The molecule has 6 heteroatoms. The molecule has 0 aliphatic carbocycles. The lowest BCUT2D eigenvalue weighted by atomic mass is 10.1. The lowest BCUT2D eigenvalue weighted by Gasteiger charge is -2.27. The molecule has 2 unspecified atom stereocenters. The van der Waals surface area contributed by atoms with Gasteiger partial charge in [0.25, 0.3) is 0 Å². The molecule has 0 radical (unpaired) electrons. The van der Waals surface area contributed by atoms with Crippen LogP contribution in [0.2, 0.25) is 0 Å². The van der Waals surface area contributed by atoms with Crippen molar-refractivity contribution in [3.8, 4) is 0 Å². The number of hydrogen-bond acceptors (Lipinski definition) is 6. The molecule has 0 saturated heterocycles. The van der Waals surface area contributed by atoms with Gasteiger partial charge in [0.2, 0.25) is 0 Å². The molecule has 6 nitrogen and oxygen atoms in total. The summed E-state index contributed by atoms with van der Waals surface area (Å²) < 4.78 is 16.1. The zero-order valence-corrected chi connectivity index (χ0v) is 17.1.